The fourth-order valence-corrected chi connectivity index (χ4v) is 2.42. The van der Waals surface area contributed by atoms with Crippen molar-refractivity contribution in [2.24, 2.45) is 0 Å². The molecule has 0 amide bonds. The van der Waals surface area contributed by atoms with E-state index in [1.165, 1.54) is 5.56 Å². The van der Waals surface area contributed by atoms with Crippen molar-refractivity contribution in [3.8, 4) is 5.75 Å². The van der Waals surface area contributed by atoms with Crippen LogP contribution >= 0.6 is 11.8 Å². The predicted octanol–water partition coefficient (Wildman–Crippen LogP) is 2.66. The first kappa shape index (κ1) is 13.4. The Labute approximate surface area is 102 Å². The summed E-state index contributed by atoms with van der Waals surface area (Å²) in [6.07, 6.45) is 0.963. The zero-order valence-electron chi connectivity index (χ0n) is 10.2. The molecule has 1 aromatic rings. The second kappa shape index (κ2) is 6.81. The zero-order chi connectivity index (χ0) is 12.0. The fraction of sp³-hybridized carbons (Fsp3) is 0.538. The summed E-state index contributed by atoms with van der Waals surface area (Å²) in [6.45, 7) is 4.43. The molecule has 0 spiro atoms. The molecular weight excluding hydrogens is 218 g/mol. The van der Waals surface area contributed by atoms with Crippen molar-refractivity contribution < 1.29 is 5.11 Å². The minimum absolute atomic E-state index is 0.351. The smallest absolute Gasteiger partial charge is 0.115 e. The summed E-state index contributed by atoms with van der Waals surface area (Å²) in [5.41, 5.74) is 1.18. The summed E-state index contributed by atoms with van der Waals surface area (Å²) in [6, 6.07) is 7.97. The van der Waals surface area contributed by atoms with E-state index in [0.29, 0.717) is 17.0 Å². The zero-order valence-corrected chi connectivity index (χ0v) is 11.1. The molecule has 1 aromatic carbocycles. The number of hydrogen-bond donors (Lipinski definition) is 2. The van der Waals surface area contributed by atoms with Gasteiger partial charge in [-0.05, 0) is 36.4 Å². The molecule has 0 aromatic heterocycles. The highest BCUT2D eigenvalue weighted by Gasteiger charge is 2.08. The van der Waals surface area contributed by atoms with Gasteiger partial charge >= 0.3 is 0 Å². The summed E-state index contributed by atoms with van der Waals surface area (Å²) in [5.74, 6) is 1.45. The Morgan fingerprint density at radius 3 is 2.69 bits per heavy atom. The van der Waals surface area contributed by atoms with Gasteiger partial charge in [-0.2, -0.15) is 11.8 Å². The van der Waals surface area contributed by atoms with Gasteiger partial charge in [-0.15, -0.1) is 0 Å². The van der Waals surface area contributed by atoms with E-state index in [4.69, 9.17) is 0 Å². The topological polar surface area (TPSA) is 32.3 Å². The van der Waals surface area contributed by atoms with E-state index in [2.05, 4.69) is 25.2 Å². The van der Waals surface area contributed by atoms with Crippen LogP contribution in [0.3, 0.4) is 0 Å². The maximum atomic E-state index is 9.39. The second-order valence-electron chi connectivity index (χ2n) is 4.24. The van der Waals surface area contributed by atoms with E-state index < -0.39 is 0 Å². The molecule has 0 bridgehead atoms. The number of nitrogens with one attached hydrogen (secondary N) is 1. The van der Waals surface area contributed by atoms with Gasteiger partial charge in [0.1, 0.15) is 5.75 Å². The highest BCUT2D eigenvalue weighted by atomic mass is 32.2. The van der Waals surface area contributed by atoms with Crippen LogP contribution in [0.25, 0.3) is 0 Å². The molecular formula is C13H21NOS. The number of likely N-dealkylation sites (N-methyl/N-ethyl adjacent to an activating group) is 1. The molecule has 1 rings (SSSR count). The van der Waals surface area contributed by atoms with Crippen LogP contribution in [0.4, 0.5) is 0 Å². The Morgan fingerprint density at radius 2 is 2.12 bits per heavy atom. The molecule has 0 aliphatic carbocycles. The summed E-state index contributed by atoms with van der Waals surface area (Å²) in [7, 11) is 1.99. The minimum Gasteiger partial charge on any atom is -0.508 e. The van der Waals surface area contributed by atoms with Gasteiger partial charge in [0.05, 0.1) is 0 Å². The van der Waals surface area contributed by atoms with Crippen molar-refractivity contribution in [1.82, 2.24) is 5.32 Å². The Balaban J connectivity index is 2.49. The number of aromatic hydroxyl groups is 1. The van der Waals surface area contributed by atoms with E-state index in [0.717, 1.165) is 12.2 Å². The van der Waals surface area contributed by atoms with Crippen LogP contribution in [-0.4, -0.2) is 29.2 Å². The normalized spacial score (nSPS) is 13.0. The first-order valence-corrected chi connectivity index (χ1v) is 6.73. The largest absolute Gasteiger partial charge is 0.508 e. The maximum absolute atomic E-state index is 9.39. The number of phenolic OH excluding ortho intramolecular Hbond substituents is 1. The third kappa shape index (κ3) is 4.90. The van der Waals surface area contributed by atoms with E-state index in [-0.39, 0.29) is 0 Å². The molecule has 16 heavy (non-hydrogen) atoms. The summed E-state index contributed by atoms with van der Waals surface area (Å²) < 4.78 is 0. The Bertz CT molecular complexity index is 315. The van der Waals surface area contributed by atoms with Gasteiger partial charge < -0.3 is 10.4 Å². The summed E-state index contributed by atoms with van der Waals surface area (Å²) >= 11 is 1.96. The molecule has 90 valence electrons. The van der Waals surface area contributed by atoms with Crippen LogP contribution in [0.1, 0.15) is 19.4 Å². The average Bonchev–Trinajstić information content (AvgIpc) is 2.24. The van der Waals surface area contributed by atoms with Gasteiger partial charge in [0, 0.05) is 11.8 Å². The number of phenols is 1. The summed E-state index contributed by atoms with van der Waals surface area (Å²) in [5, 5.41) is 13.4. The molecule has 0 aliphatic heterocycles. The molecule has 0 saturated heterocycles. The molecule has 2 nitrogen and oxygen atoms in total. The lowest BCUT2D eigenvalue weighted by Crippen LogP contribution is -2.30. The number of rotatable bonds is 6. The molecule has 0 heterocycles. The Kier molecular flexibility index (Phi) is 5.71. The van der Waals surface area contributed by atoms with Gasteiger partial charge in [0.15, 0.2) is 0 Å². The highest BCUT2D eigenvalue weighted by molar-refractivity contribution is 7.99. The van der Waals surface area contributed by atoms with E-state index in [9.17, 15) is 5.11 Å². The third-order valence-corrected chi connectivity index (χ3v) is 3.69. The van der Waals surface area contributed by atoms with Crippen molar-refractivity contribution >= 4 is 11.8 Å². The number of benzene rings is 1. The van der Waals surface area contributed by atoms with E-state index in [1.54, 1.807) is 6.07 Å². The van der Waals surface area contributed by atoms with Crippen molar-refractivity contribution in [2.75, 3.05) is 12.8 Å². The van der Waals surface area contributed by atoms with Crippen molar-refractivity contribution in [3.05, 3.63) is 29.8 Å². The van der Waals surface area contributed by atoms with Crippen LogP contribution < -0.4 is 5.32 Å². The number of hydrogen-bond acceptors (Lipinski definition) is 3. The molecule has 0 aliphatic rings. The Hall–Kier alpha value is -0.670. The van der Waals surface area contributed by atoms with Crippen LogP contribution in [0.5, 0.6) is 5.75 Å². The molecule has 0 radical (unpaired) electrons. The van der Waals surface area contributed by atoms with Crippen LogP contribution in [0.15, 0.2) is 24.3 Å². The van der Waals surface area contributed by atoms with Gasteiger partial charge in [0.25, 0.3) is 0 Å². The molecule has 3 heteroatoms. The lowest BCUT2D eigenvalue weighted by atomic mass is 10.1. The van der Waals surface area contributed by atoms with Crippen LogP contribution in [-0.2, 0) is 6.42 Å². The monoisotopic (exact) mass is 239 g/mol. The van der Waals surface area contributed by atoms with Crippen molar-refractivity contribution in [2.45, 2.75) is 31.6 Å². The van der Waals surface area contributed by atoms with Crippen molar-refractivity contribution in [3.63, 3.8) is 0 Å². The van der Waals surface area contributed by atoms with E-state index >= 15 is 0 Å². The predicted molar refractivity (Wildman–Crippen MR) is 72.3 cm³/mol. The quantitative estimate of drug-likeness (QED) is 0.800. The lowest BCUT2D eigenvalue weighted by molar-refractivity contribution is 0.474. The second-order valence-corrected chi connectivity index (χ2v) is 5.85. The lowest BCUT2D eigenvalue weighted by Gasteiger charge is -2.17. The van der Waals surface area contributed by atoms with Crippen molar-refractivity contribution in [1.29, 1.82) is 0 Å². The molecule has 1 unspecified atom stereocenters. The first-order chi connectivity index (χ1) is 7.61. The van der Waals surface area contributed by atoms with Gasteiger partial charge in [-0.1, -0.05) is 26.0 Å². The van der Waals surface area contributed by atoms with Crippen LogP contribution in [0, 0.1) is 0 Å². The SMILES string of the molecule is CNC(CSC(C)C)Cc1cccc(O)c1. The number of thioether (sulfide) groups is 1. The maximum Gasteiger partial charge on any atom is 0.115 e. The first-order valence-electron chi connectivity index (χ1n) is 5.68. The molecule has 1 atom stereocenters. The van der Waals surface area contributed by atoms with Gasteiger partial charge in [0.2, 0.25) is 0 Å². The van der Waals surface area contributed by atoms with Gasteiger partial charge in [-0.3, -0.25) is 0 Å². The molecule has 2 N–H and O–H groups in total. The summed E-state index contributed by atoms with van der Waals surface area (Å²) in [4.78, 5) is 0. The third-order valence-electron chi connectivity index (χ3n) is 2.43. The fourth-order valence-electron chi connectivity index (χ4n) is 1.52. The van der Waals surface area contributed by atoms with Gasteiger partial charge in [-0.25, -0.2) is 0 Å². The van der Waals surface area contributed by atoms with Crippen LogP contribution in [0.2, 0.25) is 0 Å². The molecule has 0 saturated carbocycles. The van der Waals surface area contributed by atoms with E-state index in [1.807, 2.05) is 30.9 Å². The average molecular weight is 239 g/mol. The standard InChI is InChI=1S/C13H21NOS/c1-10(2)16-9-12(14-3)7-11-5-4-6-13(15)8-11/h4-6,8,10,12,14-15H,7,9H2,1-3H3. The minimum atomic E-state index is 0.351. The molecule has 0 fully saturated rings. The Morgan fingerprint density at radius 1 is 1.38 bits per heavy atom. The highest BCUT2D eigenvalue weighted by Crippen LogP contribution is 2.16.